The largest absolute Gasteiger partial charge is 0.281 e. The molecule has 0 radical (unpaired) electrons. The van der Waals surface area contributed by atoms with Crippen LogP contribution in [0.2, 0.25) is 0 Å². The van der Waals surface area contributed by atoms with Crippen molar-refractivity contribution in [1.29, 1.82) is 0 Å². The number of fused-ring (bicyclic) bond motifs is 1. The fraction of sp³-hybridized carbons (Fsp3) is 0.444. The average Bonchev–Trinajstić information content (AvgIpc) is 2.66. The zero-order chi connectivity index (χ0) is 16.4. The fourth-order valence-electron chi connectivity index (χ4n) is 3.03. The Bertz CT molecular complexity index is 666. The standard InChI is InChI=1S/C18H24N4S/c1-12(2)15-9-10-23-17-8-6-5-7-16(17)22(15)21-18-19-13(3)11-14(4)20-18/h5-8,11-12,15H,9-10H2,1-4H3,(H,19,20,21). The van der Waals surface area contributed by atoms with Gasteiger partial charge < -0.3 is 0 Å². The molecule has 1 aromatic carbocycles. The summed E-state index contributed by atoms with van der Waals surface area (Å²) in [5, 5.41) is 2.27. The number of thioether (sulfide) groups is 1. The molecule has 4 nitrogen and oxygen atoms in total. The molecule has 1 aromatic heterocycles. The molecule has 0 saturated carbocycles. The van der Waals surface area contributed by atoms with Crippen molar-refractivity contribution in [2.75, 3.05) is 16.2 Å². The first-order chi connectivity index (χ1) is 11.0. The highest BCUT2D eigenvalue weighted by atomic mass is 32.2. The number of hydrazine groups is 1. The molecular weight excluding hydrogens is 304 g/mol. The number of nitrogens with one attached hydrogen (secondary N) is 1. The van der Waals surface area contributed by atoms with Crippen molar-refractivity contribution in [3.8, 4) is 0 Å². The molecule has 1 unspecified atom stereocenters. The van der Waals surface area contributed by atoms with Crippen LogP contribution in [0.15, 0.2) is 35.2 Å². The number of hydrogen-bond donors (Lipinski definition) is 1. The summed E-state index contributed by atoms with van der Waals surface area (Å²) < 4.78 is 0. The van der Waals surface area contributed by atoms with Gasteiger partial charge >= 0.3 is 0 Å². The molecule has 0 aliphatic carbocycles. The van der Waals surface area contributed by atoms with Gasteiger partial charge in [0.2, 0.25) is 5.95 Å². The van der Waals surface area contributed by atoms with E-state index in [1.807, 2.05) is 31.7 Å². The Hall–Kier alpha value is -1.75. The Morgan fingerprint density at radius 3 is 2.57 bits per heavy atom. The Kier molecular flexibility index (Phi) is 4.76. The number of para-hydroxylation sites is 1. The van der Waals surface area contributed by atoms with Crippen LogP contribution in [0.1, 0.15) is 31.7 Å². The third-order valence-electron chi connectivity index (χ3n) is 4.10. The summed E-state index contributed by atoms with van der Waals surface area (Å²) in [5.74, 6) is 2.35. The van der Waals surface area contributed by atoms with Gasteiger partial charge in [-0.15, -0.1) is 11.8 Å². The topological polar surface area (TPSA) is 41.1 Å². The molecule has 5 heteroatoms. The van der Waals surface area contributed by atoms with Gasteiger partial charge in [-0.05, 0) is 44.4 Å². The lowest BCUT2D eigenvalue weighted by atomic mass is 10.0. The first kappa shape index (κ1) is 16.1. The van der Waals surface area contributed by atoms with Gasteiger partial charge in [-0.1, -0.05) is 26.0 Å². The number of rotatable bonds is 3. The van der Waals surface area contributed by atoms with Gasteiger partial charge in [-0.3, -0.25) is 10.4 Å². The van der Waals surface area contributed by atoms with E-state index in [1.54, 1.807) is 0 Å². The van der Waals surface area contributed by atoms with Crippen molar-refractivity contribution in [3.05, 3.63) is 41.7 Å². The van der Waals surface area contributed by atoms with Crippen LogP contribution >= 0.6 is 11.8 Å². The highest BCUT2D eigenvalue weighted by molar-refractivity contribution is 7.99. The zero-order valence-electron chi connectivity index (χ0n) is 14.2. The van der Waals surface area contributed by atoms with Crippen molar-refractivity contribution >= 4 is 23.4 Å². The fourth-order valence-corrected chi connectivity index (χ4v) is 4.10. The van der Waals surface area contributed by atoms with Crippen LogP contribution in [0.3, 0.4) is 0 Å². The summed E-state index contributed by atoms with van der Waals surface area (Å²) in [7, 11) is 0. The Morgan fingerprint density at radius 1 is 1.17 bits per heavy atom. The maximum atomic E-state index is 4.55. The van der Waals surface area contributed by atoms with Gasteiger partial charge in [0, 0.05) is 22.0 Å². The quantitative estimate of drug-likeness (QED) is 0.901. The summed E-state index contributed by atoms with van der Waals surface area (Å²) in [6.45, 7) is 8.57. The summed E-state index contributed by atoms with van der Waals surface area (Å²) in [6, 6.07) is 11.0. The van der Waals surface area contributed by atoms with E-state index in [4.69, 9.17) is 0 Å². The smallest absolute Gasteiger partial charge is 0.242 e. The summed E-state index contributed by atoms with van der Waals surface area (Å²) in [5.41, 5.74) is 6.68. The highest BCUT2D eigenvalue weighted by Gasteiger charge is 2.27. The van der Waals surface area contributed by atoms with Gasteiger partial charge in [0.25, 0.3) is 0 Å². The summed E-state index contributed by atoms with van der Waals surface area (Å²) >= 11 is 1.93. The molecule has 1 aliphatic rings. The number of aromatic nitrogens is 2. The van der Waals surface area contributed by atoms with Crippen molar-refractivity contribution in [2.24, 2.45) is 5.92 Å². The van der Waals surface area contributed by atoms with E-state index >= 15 is 0 Å². The minimum absolute atomic E-state index is 0.413. The Labute approximate surface area is 142 Å². The zero-order valence-corrected chi connectivity index (χ0v) is 15.0. The summed E-state index contributed by atoms with van der Waals surface area (Å²) in [6.07, 6.45) is 1.13. The Morgan fingerprint density at radius 2 is 1.87 bits per heavy atom. The molecule has 1 aliphatic heterocycles. The minimum Gasteiger partial charge on any atom is -0.281 e. The number of aryl methyl sites for hydroxylation is 2. The van der Waals surface area contributed by atoms with Crippen LogP contribution in [0, 0.1) is 19.8 Å². The molecule has 2 aromatic rings. The van der Waals surface area contributed by atoms with Crippen LogP contribution in [-0.4, -0.2) is 21.8 Å². The lowest BCUT2D eigenvalue weighted by molar-refractivity contribution is 0.461. The predicted octanol–water partition coefficient (Wildman–Crippen LogP) is 4.45. The lowest BCUT2D eigenvalue weighted by Gasteiger charge is -2.35. The second kappa shape index (κ2) is 6.79. The third-order valence-corrected chi connectivity index (χ3v) is 5.20. The second-order valence-corrected chi connectivity index (χ2v) is 7.51. The van der Waals surface area contributed by atoms with Crippen LogP contribution < -0.4 is 10.4 Å². The number of benzene rings is 1. The molecule has 2 heterocycles. The maximum absolute atomic E-state index is 4.55. The van der Waals surface area contributed by atoms with Gasteiger partial charge in [-0.25, -0.2) is 9.97 Å². The van der Waals surface area contributed by atoms with Crippen LogP contribution in [0.5, 0.6) is 0 Å². The van der Waals surface area contributed by atoms with Gasteiger partial charge in [0.15, 0.2) is 0 Å². The highest BCUT2D eigenvalue weighted by Crippen LogP contribution is 2.37. The number of anilines is 2. The van der Waals surface area contributed by atoms with E-state index in [0.717, 1.165) is 23.6 Å². The Balaban J connectivity index is 2.00. The first-order valence-electron chi connectivity index (χ1n) is 8.14. The van der Waals surface area contributed by atoms with Gasteiger partial charge in [0.1, 0.15) is 0 Å². The first-order valence-corrected chi connectivity index (χ1v) is 9.13. The van der Waals surface area contributed by atoms with E-state index < -0.39 is 0 Å². The minimum atomic E-state index is 0.413. The molecule has 23 heavy (non-hydrogen) atoms. The number of nitrogens with zero attached hydrogens (tertiary/aromatic N) is 3. The molecule has 0 saturated heterocycles. The molecule has 1 N–H and O–H groups in total. The monoisotopic (exact) mass is 328 g/mol. The molecule has 122 valence electrons. The van der Waals surface area contributed by atoms with Crippen LogP contribution in [0.4, 0.5) is 11.6 Å². The molecule has 0 fully saturated rings. The van der Waals surface area contributed by atoms with E-state index in [2.05, 4.69) is 58.5 Å². The lowest BCUT2D eigenvalue weighted by Crippen LogP contribution is -2.43. The second-order valence-electron chi connectivity index (χ2n) is 6.37. The number of hydrogen-bond acceptors (Lipinski definition) is 5. The molecule has 0 amide bonds. The van der Waals surface area contributed by atoms with Crippen molar-refractivity contribution in [2.45, 2.75) is 45.1 Å². The van der Waals surface area contributed by atoms with E-state index in [0.29, 0.717) is 17.9 Å². The normalized spacial score (nSPS) is 17.8. The molecule has 0 bridgehead atoms. The van der Waals surface area contributed by atoms with E-state index in [-0.39, 0.29) is 0 Å². The molecule has 1 atom stereocenters. The van der Waals surface area contributed by atoms with Gasteiger partial charge in [-0.2, -0.15) is 0 Å². The third kappa shape index (κ3) is 3.61. The van der Waals surface area contributed by atoms with E-state index in [9.17, 15) is 0 Å². The van der Waals surface area contributed by atoms with Crippen molar-refractivity contribution in [3.63, 3.8) is 0 Å². The van der Waals surface area contributed by atoms with Crippen molar-refractivity contribution < 1.29 is 0 Å². The van der Waals surface area contributed by atoms with Crippen molar-refractivity contribution in [1.82, 2.24) is 9.97 Å². The molecule has 0 spiro atoms. The van der Waals surface area contributed by atoms with E-state index in [1.165, 1.54) is 10.6 Å². The van der Waals surface area contributed by atoms with Crippen LogP contribution in [-0.2, 0) is 0 Å². The molecule has 3 rings (SSSR count). The summed E-state index contributed by atoms with van der Waals surface area (Å²) in [4.78, 5) is 10.4. The maximum Gasteiger partial charge on any atom is 0.242 e. The average molecular weight is 328 g/mol. The SMILES string of the molecule is Cc1cc(C)nc(NN2c3ccccc3SCCC2C(C)C)n1. The van der Waals surface area contributed by atoms with Gasteiger partial charge in [0.05, 0.1) is 11.7 Å². The predicted molar refractivity (Wildman–Crippen MR) is 98.0 cm³/mol. The molecular formula is C18H24N4S. The van der Waals surface area contributed by atoms with Crippen LogP contribution in [0.25, 0.3) is 0 Å².